The van der Waals surface area contributed by atoms with Gasteiger partial charge in [-0.3, -0.25) is 0 Å². The fraction of sp³-hybridized carbons (Fsp3) is 0.471. The van der Waals surface area contributed by atoms with E-state index in [1.807, 2.05) is 58.9 Å². The van der Waals surface area contributed by atoms with Crippen LogP contribution >= 0.6 is 0 Å². The first-order valence-electron chi connectivity index (χ1n) is 14.7. The molecule has 0 aliphatic carbocycles. The smallest absolute Gasteiger partial charge is 0.342 e. The van der Waals surface area contributed by atoms with Gasteiger partial charge in [-0.05, 0) is 63.5 Å². The maximum atomic E-state index is 13.6. The zero-order chi connectivity index (χ0) is 31.0. The molecule has 0 aromatic heterocycles. The van der Waals surface area contributed by atoms with Crippen molar-refractivity contribution in [2.75, 3.05) is 20.5 Å². The average Bonchev–Trinajstić information content (AvgIpc) is 3.30. The first-order valence-corrected chi connectivity index (χ1v) is 14.7. The van der Waals surface area contributed by atoms with Gasteiger partial charge in [0, 0.05) is 19.1 Å². The molecule has 2 aliphatic heterocycles. The summed E-state index contributed by atoms with van der Waals surface area (Å²) >= 11 is 0. The molecule has 0 amide bonds. The second kappa shape index (κ2) is 14.7. The topological polar surface area (TPSA) is 98.8 Å². The van der Waals surface area contributed by atoms with E-state index in [2.05, 4.69) is 0 Å². The van der Waals surface area contributed by atoms with E-state index in [0.717, 1.165) is 6.42 Å². The monoisotopic (exact) mass is 594 g/mol. The summed E-state index contributed by atoms with van der Waals surface area (Å²) in [6, 6.07) is 12.3. The van der Waals surface area contributed by atoms with Crippen LogP contribution in [0.4, 0.5) is 0 Å². The Bertz CT molecular complexity index is 1300. The molecule has 43 heavy (non-hydrogen) atoms. The molecule has 0 N–H and O–H groups in total. The van der Waals surface area contributed by atoms with E-state index in [4.69, 9.17) is 33.2 Å². The van der Waals surface area contributed by atoms with Crippen molar-refractivity contribution in [3.63, 3.8) is 0 Å². The Balaban J connectivity index is 1.74. The molecular weight excluding hydrogens is 552 g/mol. The molecule has 1 fully saturated rings. The van der Waals surface area contributed by atoms with Crippen molar-refractivity contribution >= 4 is 18.0 Å². The van der Waals surface area contributed by atoms with E-state index in [0.29, 0.717) is 35.7 Å². The van der Waals surface area contributed by atoms with E-state index in [-0.39, 0.29) is 18.3 Å². The molecule has 0 spiro atoms. The van der Waals surface area contributed by atoms with Crippen LogP contribution in [-0.4, -0.2) is 62.7 Å². The van der Waals surface area contributed by atoms with Gasteiger partial charge >= 0.3 is 11.9 Å². The lowest BCUT2D eigenvalue weighted by molar-refractivity contribution is -0.152. The number of carbonyl (C=O) groups excluding carboxylic acids is 2. The summed E-state index contributed by atoms with van der Waals surface area (Å²) in [5.41, 5.74) is 1.27. The normalized spacial score (nSPS) is 26.7. The predicted octanol–water partition coefficient (Wildman–Crippen LogP) is 6.36. The predicted molar refractivity (Wildman–Crippen MR) is 161 cm³/mol. The van der Waals surface area contributed by atoms with E-state index >= 15 is 0 Å². The molecule has 2 unspecified atom stereocenters. The summed E-state index contributed by atoms with van der Waals surface area (Å²) in [7, 11) is 1.51. The molecule has 0 bridgehead atoms. The minimum Gasteiger partial charge on any atom is -0.493 e. The number of cyclic esters (lactones) is 1. The van der Waals surface area contributed by atoms with Crippen molar-refractivity contribution in [1.29, 1.82) is 0 Å². The third-order valence-electron chi connectivity index (χ3n) is 7.22. The first kappa shape index (κ1) is 32.3. The van der Waals surface area contributed by atoms with Crippen LogP contribution in [-0.2, 0) is 23.7 Å². The van der Waals surface area contributed by atoms with Gasteiger partial charge in [0.2, 0.25) is 0 Å². The van der Waals surface area contributed by atoms with Crippen LogP contribution in [0.15, 0.2) is 60.7 Å². The van der Waals surface area contributed by atoms with Crippen molar-refractivity contribution in [2.45, 2.75) is 77.7 Å². The Labute approximate surface area is 253 Å². The van der Waals surface area contributed by atoms with Gasteiger partial charge in [-0.1, -0.05) is 50.3 Å². The SMILES string of the molecule is CCCOc1cc2c(c(OCOC)c1)C(=O)O[C@@H](C)[C@H](C)/C=C\C(OC(=O)c1ccccc1)C1OC(C)(C)O[C@H]1C/C=C/2. The Morgan fingerprint density at radius 3 is 2.53 bits per heavy atom. The van der Waals surface area contributed by atoms with Crippen molar-refractivity contribution in [1.82, 2.24) is 0 Å². The highest BCUT2D eigenvalue weighted by Gasteiger charge is 2.45. The summed E-state index contributed by atoms with van der Waals surface area (Å²) < 4.78 is 41.4. The molecule has 0 saturated carbocycles. The number of esters is 2. The quantitative estimate of drug-likeness (QED) is 0.196. The van der Waals surface area contributed by atoms with Crippen LogP contribution in [0, 0.1) is 5.92 Å². The number of hydrogen-bond acceptors (Lipinski definition) is 9. The molecule has 1 saturated heterocycles. The highest BCUT2D eigenvalue weighted by Crippen LogP contribution is 2.36. The van der Waals surface area contributed by atoms with Gasteiger partial charge < -0.3 is 33.2 Å². The number of methoxy groups -OCH3 is 1. The first-order chi connectivity index (χ1) is 20.6. The highest BCUT2D eigenvalue weighted by atomic mass is 16.8. The number of fused-ring (bicyclic) bond motifs is 2. The molecular formula is C34H42O9. The fourth-order valence-electron chi connectivity index (χ4n) is 4.91. The number of carbonyl (C=O) groups is 2. The molecule has 2 heterocycles. The van der Waals surface area contributed by atoms with Gasteiger partial charge in [0.05, 0.1) is 18.3 Å². The molecule has 9 heteroatoms. The molecule has 2 aromatic carbocycles. The zero-order valence-corrected chi connectivity index (χ0v) is 25.7. The van der Waals surface area contributed by atoms with E-state index in [1.54, 1.807) is 42.5 Å². The van der Waals surface area contributed by atoms with E-state index < -0.39 is 42.1 Å². The summed E-state index contributed by atoms with van der Waals surface area (Å²) in [6.07, 6.45) is 6.32. The lowest BCUT2D eigenvalue weighted by Gasteiger charge is -2.25. The third-order valence-corrected chi connectivity index (χ3v) is 7.22. The van der Waals surface area contributed by atoms with Crippen LogP contribution < -0.4 is 9.47 Å². The van der Waals surface area contributed by atoms with Gasteiger partial charge in [0.1, 0.15) is 35.4 Å². The van der Waals surface area contributed by atoms with Gasteiger partial charge in [-0.2, -0.15) is 0 Å². The van der Waals surface area contributed by atoms with Crippen LogP contribution in [0.2, 0.25) is 0 Å². The number of ether oxygens (including phenoxy) is 7. The van der Waals surface area contributed by atoms with E-state index in [9.17, 15) is 9.59 Å². The van der Waals surface area contributed by atoms with Gasteiger partial charge in [0.15, 0.2) is 12.6 Å². The average molecular weight is 595 g/mol. The second-order valence-corrected chi connectivity index (χ2v) is 11.2. The zero-order valence-electron chi connectivity index (χ0n) is 25.7. The minimum atomic E-state index is -0.902. The Morgan fingerprint density at radius 1 is 1.05 bits per heavy atom. The third kappa shape index (κ3) is 8.46. The Morgan fingerprint density at radius 2 is 1.81 bits per heavy atom. The summed E-state index contributed by atoms with van der Waals surface area (Å²) in [4.78, 5) is 26.7. The minimum absolute atomic E-state index is 0.0531. The summed E-state index contributed by atoms with van der Waals surface area (Å²) in [5.74, 6) is -1.28. The van der Waals surface area contributed by atoms with E-state index in [1.165, 1.54) is 7.11 Å². The standard InChI is InChI=1S/C34H42O9/c1-7-18-38-26-19-25-14-11-15-28-31(43-34(4,5)42-28)27(41-32(35)24-12-9-8-10-13-24)17-16-22(2)23(3)40-33(36)30(25)29(20-26)39-21-37-6/h8-14,16-17,19-20,22-23,27-28,31H,7,15,18,21H2,1-6H3/b14-11+,17-16-/t22-,23+,27?,28+,31?/m1/s1. The molecule has 0 radical (unpaired) electrons. The molecule has 5 atom stereocenters. The van der Waals surface area contributed by atoms with Crippen LogP contribution in [0.3, 0.4) is 0 Å². The maximum Gasteiger partial charge on any atom is 0.342 e. The molecule has 4 rings (SSSR count). The van der Waals surface area contributed by atoms with Crippen molar-refractivity contribution in [3.05, 3.63) is 77.4 Å². The largest absolute Gasteiger partial charge is 0.493 e. The number of hydrogen-bond donors (Lipinski definition) is 0. The number of rotatable bonds is 8. The van der Waals surface area contributed by atoms with Crippen LogP contribution in [0.1, 0.15) is 73.7 Å². The van der Waals surface area contributed by atoms with Crippen LogP contribution in [0.5, 0.6) is 11.5 Å². The highest BCUT2D eigenvalue weighted by molar-refractivity contribution is 5.97. The molecule has 232 valence electrons. The fourth-order valence-corrected chi connectivity index (χ4v) is 4.91. The summed E-state index contributed by atoms with van der Waals surface area (Å²) in [6.45, 7) is 9.88. The number of benzene rings is 2. The maximum absolute atomic E-state index is 13.6. The van der Waals surface area contributed by atoms with Crippen LogP contribution in [0.25, 0.3) is 6.08 Å². The van der Waals surface area contributed by atoms with Crippen molar-refractivity contribution < 1.29 is 42.7 Å². The lowest BCUT2D eigenvalue weighted by Crippen LogP contribution is -2.37. The molecule has 2 aliphatic rings. The Kier molecular flexibility index (Phi) is 11.0. The molecule has 2 aromatic rings. The Hall–Kier alpha value is -3.66. The molecule has 9 nitrogen and oxygen atoms in total. The van der Waals surface area contributed by atoms with Crippen molar-refractivity contribution in [2.24, 2.45) is 5.92 Å². The van der Waals surface area contributed by atoms with Gasteiger partial charge in [-0.15, -0.1) is 0 Å². The van der Waals surface area contributed by atoms with Gasteiger partial charge in [0.25, 0.3) is 0 Å². The van der Waals surface area contributed by atoms with Crippen molar-refractivity contribution in [3.8, 4) is 11.5 Å². The van der Waals surface area contributed by atoms with Gasteiger partial charge in [-0.25, -0.2) is 9.59 Å². The second-order valence-electron chi connectivity index (χ2n) is 11.2. The lowest BCUT2D eigenvalue weighted by atomic mass is 9.98. The summed E-state index contributed by atoms with van der Waals surface area (Å²) in [5, 5.41) is 0.